The Bertz CT molecular complexity index is 606. The van der Waals surface area contributed by atoms with Crippen LogP contribution in [0.4, 0.5) is 0 Å². The molecule has 0 aromatic carbocycles. The van der Waals surface area contributed by atoms with Crippen LogP contribution in [0.25, 0.3) is 0 Å². The SMILES string of the molecule is CC1(C)CC(NS(=O)(=O)c2c[nH]ccc2=O)CCO1. The molecule has 0 radical (unpaired) electrons. The number of aromatic nitrogens is 1. The molecule has 1 aliphatic heterocycles. The van der Waals surface area contributed by atoms with Gasteiger partial charge in [0.1, 0.15) is 4.90 Å². The van der Waals surface area contributed by atoms with Crippen LogP contribution >= 0.6 is 0 Å². The molecule has 1 fully saturated rings. The van der Waals surface area contributed by atoms with E-state index < -0.39 is 15.5 Å². The summed E-state index contributed by atoms with van der Waals surface area (Å²) in [4.78, 5) is 13.9. The molecular formula is C12H18N2O4S. The van der Waals surface area contributed by atoms with Crippen LogP contribution in [0.2, 0.25) is 0 Å². The number of sulfonamides is 1. The van der Waals surface area contributed by atoms with Crippen LogP contribution < -0.4 is 10.2 Å². The van der Waals surface area contributed by atoms with Crippen molar-refractivity contribution in [2.45, 2.75) is 43.2 Å². The van der Waals surface area contributed by atoms with E-state index in [0.29, 0.717) is 19.4 Å². The maximum Gasteiger partial charge on any atom is 0.246 e. The number of nitrogens with one attached hydrogen (secondary N) is 2. The third-order valence-electron chi connectivity index (χ3n) is 3.10. The molecule has 2 N–H and O–H groups in total. The molecule has 2 rings (SSSR count). The van der Waals surface area contributed by atoms with Crippen molar-refractivity contribution in [3.05, 3.63) is 28.7 Å². The van der Waals surface area contributed by atoms with Gasteiger partial charge >= 0.3 is 0 Å². The minimum atomic E-state index is -3.79. The molecule has 0 spiro atoms. The standard InChI is InChI=1S/C12H18N2O4S/c1-12(2)7-9(4-6-18-12)14-19(16,17)11-8-13-5-3-10(11)15/h3,5,8-9,14H,4,6-7H2,1-2H3,(H,13,15). The van der Waals surface area contributed by atoms with E-state index in [2.05, 4.69) is 9.71 Å². The van der Waals surface area contributed by atoms with Crippen molar-refractivity contribution in [1.82, 2.24) is 9.71 Å². The van der Waals surface area contributed by atoms with Crippen LogP contribution in [0.15, 0.2) is 28.2 Å². The van der Waals surface area contributed by atoms with Crippen molar-refractivity contribution < 1.29 is 13.2 Å². The van der Waals surface area contributed by atoms with Gasteiger partial charge in [-0.1, -0.05) is 0 Å². The van der Waals surface area contributed by atoms with Crippen LogP contribution in [0.3, 0.4) is 0 Å². The highest BCUT2D eigenvalue weighted by Crippen LogP contribution is 2.24. The zero-order valence-electron chi connectivity index (χ0n) is 11.0. The van der Waals surface area contributed by atoms with Crippen LogP contribution in [-0.4, -0.2) is 31.7 Å². The summed E-state index contributed by atoms with van der Waals surface area (Å²) in [6.45, 7) is 4.34. The highest BCUT2D eigenvalue weighted by molar-refractivity contribution is 7.89. The molecule has 1 unspecified atom stereocenters. The van der Waals surface area contributed by atoms with Gasteiger partial charge in [0.15, 0.2) is 0 Å². The van der Waals surface area contributed by atoms with E-state index in [4.69, 9.17) is 4.74 Å². The van der Waals surface area contributed by atoms with E-state index in [1.54, 1.807) is 0 Å². The predicted molar refractivity (Wildman–Crippen MR) is 70.4 cm³/mol. The van der Waals surface area contributed by atoms with Gasteiger partial charge in [-0.3, -0.25) is 4.79 Å². The van der Waals surface area contributed by atoms with Crippen molar-refractivity contribution in [3.8, 4) is 0 Å². The number of hydrogen-bond acceptors (Lipinski definition) is 4. The van der Waals surface area contributed by atoms with Crippen molar-refractivity contribution in [3.63, 3.8) is 0 Å². The fraction of sp³-hybridized carbons (Fsp3) is 0.583. The van der Waals surface area contributed by atoms with Crippen LogP contribution in [0.1, 0.15) is 26.7 Å². The molecule has 0 bridgehead atoms. The molecule has 1 aromatic heterocycles. The first-order valence-electron chi connectivity index (χ1n) is 6.14. The third kappa shape index (κ3) is 3.43. The van der Waals surface area contributed by atoms with Crippen LogP contribution in [0.5, 0.6) is 0 Å². The zero-order valence-corrected chi connectivity index (χ0v) is 11.8. The van der Waals surface area contributed by atoms with E-state index in [-0.39, 0.29) is 16.5 Å². The molecule has 6 nitrogen and oxygen atoms in total. The van der Waals surface area contributed by atoms with Crippen molar-refractivity contribution in [2.24, 2.45) is 0 Å². The largest absolute Gasteiger partial charge is 0.375 e. The Hall–Kier alpha value is -1.18. The first-order valence-corrected chi connectivity index (χ1v) is 7.62. The van der Waals surface area contributed by atoms with Gasteiger partial charge in [0.2, 0.25) is 15.5 Å². The zero-order chi connectivity index (χ0) is 14.1. The summed E-state index contributed by atoms with van der Waals surface area (Å²) in [5, 5.41) is 0. The molecule has 0 aliphatic carbocycles. The molecule has 19 heavy (non-hydrogen) atoms. The summed E-state index contributed by atoms with van der Waals surface area (Å²) in [7, 11) is -3.79. The number of pyridine rings is 1. The van der Waals surface area contributed by atoms with Gasteiger partial charge in [0.25, 0.3) is 0 Å². The molecule has 1 aliphatic rings. The third-order valence-corrected chi connectivity index (χ3v) is 4.64. The molecule has 0 amide bonds. The summed E-state index contributed by atoms with van der Waals surface area (Å²) in [5.41, 5.74) is -0.869. The number of ether oxygens (including phenoxy) is 1. The second-order valence-corrected chi connectivity index (χ2v) is 6.97. The molecule has 2 heterocycles. The van der Waals surface area contributed by atoms with Gasteiger partial charge in [0.05, 0.1) is 5.60 Å². The Morgan fingerprint density at radius 2 is 2.21 bits per heavy atom. The lowest BCUT2D eigenvalue weighted by atomic mass is 9.95. The highest BCUT2D eigenvalue weighted by Gasteiger charge is 2.32. The van der Waals surface area contributed by atoms with Crippen molar-refractivity contribution in [1.29, 1.82) is 0 Å². The van der Waals surface area contributed by atoms with Gasteiger partial charge in [-0.25, -0.2) is 13.1 Å². The minimum Gasteiger partial charge on any atom is -0.375 e. The average Bonchev–Trinajstić information content (AvgIpc) is 2.27. The Balaban J connectivity index is 2.19. The summed E-state index contributed by atoms with van der Waals surface area (Å²) < 4.78 is 32.4. The van der Waals surface area contributed by atoms with E-state index >= 15 is 0 Å². The fourth-order valence-electron chi connectivity index (χ4n) is 2.23. The van der Waals surface area contributed by atoms with E-state index in [0.717, 1.165) is 0 Å². The quantitative estimate of drug-likeness (QED) is 0.852. The van der Waals surface area contributed by atoms with Crippen molar-refractivity contribution in [2.75, 3.05) is 6.61 Å². The van der Waals surface area contributed by atoms with Gasteiger partial charge in [-0.2, -0.15) is 0 Å². The summed E-state index contributed by atoms with van der Waals surface area (Å²) in [6, 6.07) is 0.982. The Morgan fingerprint density at radius 3 is 2.84 bits per heavy atom. The summed E-state index contributed by atoms with van der Waals surface area (Å²) in [5.74, 6) is 0. The van der Waals surface area contributed by atoms with E-state index in [9.17, 15) is 13.2 Å². The Kier molecular flexibility index (Phi) is 3.80. The smallest absolute Gasteiger partial charge is 0.246 e. The second-order valence-electron chi connectivity index (χ2n) is 5.29. The number of aromatic amines is 1. The van der Waals surface area contributed by atoms with Crippen LogP contribution in [-0.2, 0) is 14.8 Å². The van der Waals surface area contributed by atoms with Crippen LogP contribution in [0, 0.1) is 0 Å². The van der Waals surface area contributed by atoms with Gasteiger partial charge < -0.3 is 9.72 Å². The number of hydrogen-bond donors (Lipinski definition) is 2. The molecule has 0 saturated carbocycles. The summed E-state index contributed by atoms with van der Waals surface area (Å²) >= 11 is 0. The molecule has 7 heteroatoms. The normalized spacial score (nSPS) is 23.2. The predicted octanol–water partition coefficient (Wildman–Crippen LogP) is 0.611. The molecule has 1 atom stereocenters. The second kappa shape index (κ2) is 5.07. The molecular weight excluding hydrogens is 268 g/mol. The number of H-pyrrole nitrogens is 1. The first-order chi connectivity index (χ1) is 8.80. The maximum atomic E-state index is 12.2. The van der Waals surface area contributed by atoms with E-state index in [1.165, 1.54) is 18.5 Å². The topological polar surface area (TPSA) is 88.3 Å². The summed E-state index contributed by atoms with van der Waals surface area (Å²) in [6.07, 6.45) is 3.79. The Labute approximate surface area is 112 Å². The van der Waals surface area contributed by atoms with Gasteiger partial charge in [-0.05, 0) is 26.7 Å². The maximum absolute atomic E-state index is 12.2. The average molecular weight is 286 g/mol. The molecule has 106 valence electrons. The fourth-order valence-corrected chi connectivity index (χ4v) is 3.55. The highest BCUT2D eigenvalue weighted by atomic mass is 32.2. The first kappa shape index (κ1) is 14.2. The lowest BCUT2D eigenvalue weighted by molar-refractivity contribution is -0.0599. The van der Waals surface area contributed by atoms with Gasteiger partial charge in [-0.15, -0.1) is 0 Å². The number of rotatable bonds is 3. The monoisotopic (exact) mass is 286 g/mol. The van der Waals surface area contributed by atoms with Gasteiger partial charge in [0, 0.05) is 31.1 Å². The minimum absolute atomic E-state index is 0.214. The molecule has 1 saturated heterocycles. The lowest BCUT2D eigenvalue weighted by Crippen LogP contribution is -2.46. The van der Waals surface area contributed by atoms with Crippen molar-refractivity contribution >= 4 is 10.0 Å². The lowest BCUT2D eigenvalue weighted by Gasteiger charge is -2.35. The molecule has 1 aromatic rings. The van der Waals surface area contributed by atoms with E-state index in [1.807, 2.05) is 13.8 Å². The Morgan fingerprint density at radius 1 is 1.47 bits per heavy atom.